The molecule has 0 aliphatic carbocycles. The molecule has 3 aromatic carbocycles. The molecule has 0 atom stereocenters. The van der Waals surface area contributed by atoms with E-state index in [9.17, 15) is 18.5 Å². The molecule has 37 heavy (non-hydrogen) atoms. The van der Waals surface area contributed by atoms with Gasteiger partial charge in [-0.15, -0.1) is 0 Å². The van der Waals surface area contributed by atoms with Crippen molar-refractivity contribution in [3.8, 4) is 22.9 Å². The van der Waals surface area contributed by atoms with E-state index in [1.807, 2.05) is 30.3 Å². The Morgan fingerprint density at radius 1 is 1.00 bits per heavy atom. The number of nitrogens with one attached hydrogen (secondary N) is 1. The van der Waals surface area contributed by atoms with Crippen LogP contribution < -0.4 is 10.5 Å². The van der Waals surface area contributed by atoms with E-state index in [4.69, 9.17) is 5.14 Å². The van der Waals surface area contributed by atoms with Crippen LogP contribution in [-0.4, -0.2) is 29.1 Å². The van der Waals surface area contributed by atoms with Gasteiger partial charge >= 0.3 is 0 Å². The maximum atomic E-state index is 13.2. The Morgan fingerprint density at radius 3 is 2.38 bits per heavy atom. The van der Waals surface area contributed by atoms with Gasteiger partial charge in [0.2, 0.25) is 10.0 Å². The first-order chi connectivity index (χ1) is 17.7. The van der Waals surface area contributed by atoms with E-state index < -0.39 is 15.9 Å². The number of hydrogen-bond donors (Lipinski definition) is 2. The van der Waals surface area contributed by atoms with Gasteiger partial charge in [-0.2, -0.15) is 10.4 Å². The third kappa shape index (κ3) is 4.69. The molecule has 2 aromatic heterocycles. The number of amides is 1. The van der Waals surface area contributed by atoms with Gasteiger partial charge in [-0.05, 0) is 54.1 Å². The highest BCUT2D eigenvalue weighted by atomic mass is 32.2. The fourth-order valence-electron chi connectivity index (χ4n) is 4.10. The third-order valence-electron chi connectivity index (χ3n) is 5.79. The minimum atomic E-state index is -3.93. The average Bonchev–Trinajstić information content (AvgIpc) is 3.29. The van der Waals surface area contributed by atoms with Crippen molar-refractivity contribution in [2.45, 2.75) is 11.8 Å². The number of aryl methyl sites for hydroxylation is 1. The summed E-state index contributed by atoms with van der Waals surface area (Å²) < 4.78 is 25.3. The lowest BCUT2D eigenvalue weighted by atomic mass is 10.1. The summed E-state index contributed by atoms with van der Waals surface area (Å²) in [5.41, 5.74) is 2.64. The van der Waals surface area contributed by atoms with Crippen LogP contribution in [0.25, 0.3) is 27.6 Å². The molecule has 0 radical (unpaired) electrons. The molecule has 0 aliphatic rings. The Balaban J connectivity index is 1.47. The Hall–Kier alpha value is -4.85. The topological polar surface area (TPSA) is 144 Å². The zero-order valence-corrected chi connectivity index (χ0v) is 20.4. The van der Waals surface area contributed by atoms with Gasteiger partial charge in [0.05, 0.1) is 21.8 Å². The van der Waals surface area contributed by atoms with Crippen LogP contribution in [0.3, 0.4) is 0 Å². The average molecular weight is 509 g/mol. The van der Waals surface area contributed by atoms with E-state index in [2.05, 4.69) is 21.5 Å². The number of rotatable bonds is 5. The van der Waals surface area contributed by atoms with Crippen LogP contribution >= 0.6 is 0 Å². The standard InChI is InChI=1S/C27H20N6O3S/c1-17-12-24(33(32-17)23-14-19-7-3-2-6-18(19)13-21(23)15-28)27(34)31-26-11-10-20(16-30-26)22-8-4-5-9-25(22)37(29,35)36/h2-14,16H,1H3,(H2,29,35,36)(H,30,31,34). The number of anilines is 1. The number of primary sulfonamides is 1. The maximum Gasteiger partial charge on any atom is 0.275 e. The maximum absolute atomic E-state index is 13.2. The first kappa shape index (κ1) is 23.9. The third-order valence-corrected chi connectivity index (χ3v) is 6.76. The zero-order chi connectivity index (χ0) is 26.2. The number of hydrogen-bond acceptors (Lipinski definition) is 6. The van der Waals surface area contributed by atoms with E-state index in [1.165, 1.54) is 16.9 Å². The molecular formula is C27H20N6O3S. The number of fused-ring (bicyclic) bond motifs is 1. The van der Waals surface area contributed by atoms with Crippen molar-refractivity contribution in [2.75, 3.05) is 5.32 Å². The Kier molecular flexibility index (Phi) is 6.01. The summed E-state index contributed by atoms with van der Waals surface area (Å²) in [6.45, 7) is 1.76. The lowest BCUT2D eigenvalue weighted by Gasteiger charge is -2.11. The lowest BCUT2D eigenvalue weighted by molar-refractivity contribution is 0.101. The zero-order valence-electron chi connectivity index (χ0n) is 19.6. The summed E-state index contributed by atoms with van der Waals surface area (Å²) >= 11 is 0. The number of carbonyl (C=O) groups is 1. The second kappa shape index (κ2) is 9.31. The molecule has 9 nitrogen and oxygen atoms in total. The molecular weight excluding hydrogens is 488 g/mol. The fourth-order valence-corrected chi connectivity index (χ4v) is 4.86. The molecule has 0 saturated carbocycles. The summed E-state index contributed by atoms with van der Waals surface area (Å²) in [5, 5.41) is 24.1. The van der Waals surface area contributed by atoms with E-state index in [-0.39, 0.29) is 16.4 Å². The highest BCUT2D eigenvalue weighted by Gasteiger charge is 2.19. The van der Waals surface area contributed by atoms with Gasteiger partial charge in [-0.25, -0.2) is 23.2 Å². The molecule has 182 valence electrons. The highest BCUT2D eigenvalue weighted by Crippen LogP contribution is 2.27. The van der Waals surface area contributed by atoms with Crippen LogP contribution in [0.15, 0.2) is 90.0 Å². The van der Waals surface area contributed by atoms with Crippen LogP contribution in [0.2, 0.25) is 0 Å². The quantitative estimate of drug-likeness (QED) is 0.365. The normalized spacial score (nSPS) is 11.3. The predicted molar refractivity (Wildman–Crippen MR) is 140 cm³/mol. The highest BCUT2D eigenvalue weighted by molar-refractivity contribution is 7.89. The van der Waals surface area contributed by atoms with E-state index in [0.29, 0.717) is 28.1 Å². The lowest BCUT2D eigenvalue weighted by Crippen LogP contribution is -2.18. The molecule has 2 heterocycles. The molecule has 0 bridgehead atoms. The van der Waals surface area contributed by atoms with Crippen LogP contribution in [0.1, 0.15) is 21.7 Å². The second-order valence-corrected chi connectivity index (χ2v) is 9.87. The molecule has 0 unspecified atom stereocenters. The van der Waals surface area contributed by atoms with Crippen molar-refractivity contribution in [3.05, 3.63) is 102 Å². The van der Waals surface area contributed by atoms with Gasteiger partial charge in [-0.1, -0.05) is 42.5 Å². The van der Waals surface area contributed by atoms with Gasteiger partial charge in [-0.3, -0.25) is 4.79 Å². The number of benzene rings is 3. The first-order valence-corrected chi connectivity index (χ1v) is 12.7. The Morgan fingerprint density at radius 2 is 1.70 bits per heavy atom. The van der Waals surface area contributed by atoms with Gasteiger partial charge in [0.25, 0.3) is 5.91 Å². The summed E-state index contributed by atoms with van der Waals surface area (Å²) in [6, 6.07) is 24.6. The van der Waals surface area contributed by atoms with Crippen molar-refractivity contribution < 1.29 is 13.2 Å². The smallest absolute Gasteiger partial charge is 0.275 e. The van der Waals surface area contributed by atoms with Gasteiger partial charge in [0, 0.05) is 17.3 Å². The minimum Gasteiger partial charge on any atom is -0.305 e. The number of pyridine rings is 1. The summed E-state index contributed by atoms with van der Waals surface area (Å²) in [6.07, 6.45) is 1.46. The monoisotopic (exact) mass is 508 g/mol. The molecule has 5 aromatic rings. The second-order valence-electron chi connectivity index (χ2n) is 8.34. The number of nitrogens with two attached hydrogens (primary N) is 1. The molecule has 1 amide bonds. The summed E-state index contributed by atoms with van der Waals surface area (Å²) in [7, 11) is -3.93. The Labute approximate surface area is 212 Å². The predicted octanol–water partition coefficient (Wildman–Crippen LogP) is 4.17. The molecule has 0 saturated heterocycles. The summed E-state index contributed by atoms with van der Waals surface area (Å²) in [5.74, 6) is -0.214. The van der Waals surface area contributed by atoms with Crippen LogP contribution in [-0.2, 0) is 10.0 Å². The number of nitrogens with zero attached hydrogens (tertiary/aromatic N) is 4. The summed E-state index contributed by atoms with van der Waals surface area (Å²) in [4.78, 5) is 17.5. The van der Waals surface area contributed by atoms with Crippen LogP contribution in [0.4, 0.5) is 5.82 Å². The van der Waals surface area contributed by atoms with Crippen molar-refractivity contribution in [2.24, 2.45) is 5.14 Å². The first-order valence-electron chi connectivity index (χ1n) is 11.1. The molecule has 3 N–H and O–H groups in total. The van der Waals surface area contributed by atoms with Crippen LogP contribution in [0.5, 0.6) is 0 Å². The van der Waals surface area contributed by atoms with Crippen molar-refractivity contribution in [1.82, 2.24) is 14.8 Å². The van der Waals surface area contributed by atoms with Gasteiger partial charge in [0.1, 0.15) is 17.6 Å². The largest absolute Gasteiger partial charge is 0.305 e. The Bertz CT molecular complexity index is 1820. The van der Waals surface area contributed by atoms with E-state index >= 15 is 0 Å². The van der Waals surface area contributed by atoms with Crippen LogP contribution in [0, 0.1) is 18.3 Å². The molecule has 0 spiro atoms. The van der Waals surface area contributed by atoms with E-state index in [1.54, 1.807) is 49.4 Å². The van der Waals surface area contributed by atoms with Crippen molar-refractivity contribution >= 4 is 32.5 Å². The number of nitriles is 1. The van der Waals surface area contributed by atoms with Gasteiger partial charge < -0.3 is 5.32 Å². The number of aromatic nitrogens is 3. The van der Waals surface area contributed by atoms with E-state index in [0.717, 1.165) is 10.8 Å². The number of sulfonamides is 1. The molecule has 0 fully saturated rings. The molecule has 10 heteroatoms. The van der Waals surface area contributed by atoms with Gasteiger partial charge in [0.15, 0.2) is 0 Å². The fraction of sp³-hybridized carbons (Fsp3) is 0.0370. The van der Waals surface area contributed by atoms with Crippen molar-refractivity contribution in [1.29, 1.82) is 5.26 Å². The molecule has 5 rings (SSSR count). The van der Waals surface area contributed by atoms with Crippen molar-refractivity contribution in [3.63, 3.8) is 0 Å². The number of carbonyl (C=O) groups excluding carboxylic acids is 1. The molecule has 0 aliphatic heterocycles. The minimum absolute atomic E-state index is 0.0170. The SMILES string of the molecule is Cc1cc(C(=O)Nc2ccc(-c3ccccc3S(N)(=O)=O)cn2)n(-c2cc3ccccc3cc2C#N)n1.